The van der Waals surface area contributed by atoms with Crippen molar-refractivity contribution in [2.75, 3.05) is 5.73 Å². The lowest BCUT2D eigenvalue weighted by Gasteiger charge is -2.08. The Hall–Kier alpha value is -2.46. The van der Waals surface area contributed by atoms with Crippen LogP contribution in [0, 0.1) is 23.0 Å². The molecule has 0 aliphatic carbocycles. The minimum atomic E-state index is -3.92. The number of sulfone groups is 1. The van der Waals surface area contributed by atoms with Gasteiger partial charge in [0.05, 0.1) is 28.0 Å². The molecule has 2 rings (SSSR count). The number of nitrogens with zero attached hydrogens (tertiary/aromatic N) is 1. The number of halogens is 2. The Bertz CT molecular complexity index is 843. The molecule has 0 amide bonds. The summed E-state index contributed by atoms with van der Waals surface area (Å²) in [7, 11) is -3.92. The molecule has 0 fully saturated rings. The van der Waals surface area contributed by atoms with Gasteiger partial charge in [-0.05, 0) is 30.3 Å². The van der Waals surface area contributed by atoms with Crippen molar-refractivity contribution in [3.05, 3.63) is 59.2 Å². The van der Waals surface area contributed by atoms with Crippen LogP contribution in [-0.4, -0.2) is 8.42 Å². The van der Waals surface area contributed by atoms with Gasteiger partial charge < -0.3 is 5.73 Å². The minimum absolute atomic E-state index is 0.0854. The quantitative estimate of drug-likeness (QED) is 0.697. The average Bonchev–Trinajstić information content (AvgIpc) is 2.40. The molecule has 2 N–H and O–H groups in total. The molecule has 0 atom stereocenters. The van der Waals surface area contributed by atoms with Crippen LogP contribution in [0.2, 0.25) is 0 Å². The second-order valence-electron chi connectivity index (χ2n) is 4.36. The van der Waals surface area contributed by atoms with Gasteiger partial charge in [-0.3, -0.25) is 0 Å². The molecule has 0 bridgehead atoms. The second-order valence-corrected chi connectivity index (χ2v) is 6.32. The molecule has 0 heterocycles. The highest BCUT2D eigenvalue weighted by atomic mass is 32.2. The van der Waals surface area contributed by atoms with E-state index in [1.54, 1.807) is 6.07 Å². The van der Waals surface area contributed by atoms with Crippen molar-refractivity contribution in [2.45, 2.75) is 10.6 Å². The molecule has 0 unspecified atom stereocenters. The maximum atomic E-state index is 13.7. The standard InChI is InChI=1S/C14H10F2N2O2S/c15-11-3-4-14(13(18)6-11)21(19,20)8-10-2-1-9(7-17)5-12(10)16/h1-6H,8,18H2. The van der Waals surface area contributed by atoms with Crippen LogP contribution in [0.3, 0.4) is 0 Å². The van der Waals surface area contributed by atoms with Gasteiger partial charge in [0.2, 0.25) is 0 Å². The summed E-state index contributed by atoms with van der Waals surface area (Å²) >= 11 is 0. The van der Waals surface area contributed by atoms with E-state index < -0.39 is 27.2 Å². The van der Waals surface area contributed by atoms with Crippen LogP contribution in [0.25, 0.3) is 0 Å². The van der Waals surface area contributed by atoms with Crippen molar-refractivity contribution in [1.29, 1.82) is 5.26 Å². The minimum Gasteiger partial charge on any atom is -0.398 e. The van der Waals surface area contributed by atoms with Crippen LogP contribution in [0.1, 0.15) is 11.1 Å². The molecule has 108 valence electrons. The lowest BCUT2D eigenvalue weighted by Crippen LogP contribution is -2.09. The topological polar surface area (TPSA) is 84.0 Å². The van der Waals surface area contributed by atoms with E-state index in [0.717, 1.165) is 24.3 Å². The Balaban J connectivity index is 2.40. The first-order valence-corrected chi connectivity index (χ1v) is 7.45. The van der Waals surface area contributed by atoms with Gasteiger partial charge in [-0.25, -0.2) is 17.2 Å². The summed E-state index contributed by atoms with van der Waals surface area (Å²) in [6.45, 7) is 0. The fourth-order valence-corrected chi connectivity index (χ4v) is 3.31. The number of nitriles is 1. The van der Waals surface area contributed by atoms with Crippen molar-refractivity contribution in [3.63, 3.8) is 0 Å². The molecule has 0 spiro atoms. The van der Waals surface area contributed by atoms with Gasteiger partial charge >= 0.3 is 0 Å². The molecule has 2 aromatic rings. The van der Waals surface area contributed by atoms with E-state index in [9.17, 15) is 17.2 Å². The summed E-state index contributed by atoms with van der Waals surface area (Å²) in [6, 6.07) is 8.16. The molecular formula is C14H10F2N2O2S. The number of rotatable bonds is 3. The smallest absolute Gasteiger partial charge is 0.184 e. The number of nitrogen functional groups attached to an aromatic ring is 1. The fraction of sp³-hybridized carbons (Fsp3) is 0.0714. The van der Waals surface area contributed by atoms with E-state index in [-0.39, 0.29) is 21.7 Å². The van der Waals surface area contributed by atoms with Gasteiger partial charge in [0.25, 0.3) is 0 Å². The maximum absolute atomic E-state index is 13.7. The van der Waals surface area contributed by atoms with Crippen molar-refractivity contribution < 1.29 is 17.2 Å². The van der Waals surface area contributed by atoms with Crippen LogP contribution in [0.15, 0.2) is 41.3 Å². The predicted molar refractivity (Wildman–Crippen MR) is 72.8 cm³/mol. The molecule has 21 heavy (non-hydrogen) atoms. The van der Waals surface area contributed by atoms with Crippen LogP contribution in [0.5, 0.6) is 0 Å². The summed E-state index contributed by atoms with van der Waals surface area (Å²) in [5.74, 6) is -2.07. The van der Waals surface area contributed by atoms with Crippen molar-refractivity contribution in [3.8, 4) is 6.07 Å². The van der Waals surface area contributed by atoms with E-state index in [1.165, 1.54) is 12.1 Å². The summed E-state index contributed by atoms with van der Waals surface area (Å²) in [5, 5.41) is 8.64. The molecule has 2 aromatic carbocycles. The molecule has 0 aliphatic rings. The molecule has 0 aliphatic heterocycles. The van der Waals surface area contributed by atoms with Gasteiger partial charge in [0.1, 0.15) is 11.6 Å². The number of benzene rings is 2. The third-order valence-electron chi connectivity index (χ3n) is 2.83. The maximum Gasteiger partial charge on any atom is 0.184 e. The number of hydrogen-bond donors (Lipinski definition) is 1. The first-order valence-electron chi connectivity index (χ1n) is 5.80. The second kappa shape index (κ2) is 5.50. The molecule has 4 nitrogen and oxygen atoms in total. The number of anilines is 1. The summed E-state index contributed by atoms with van der Waals surface area (Å²) in [4.78, 5) is -0.257. The highest BCUT2D eigenvalue weighted by molar-refractivity contribution is 7.90. The van der Waals surface area contributed by atoms with Crippen LogP contribution in [-0.2, 0) is 15.6 Å². The van der Waals surface area contributed by atoms with Gasteiger partial charge in [0.15, 0.2) is 9.84 Å². The Morgan fingerprint density at radius 3 is 2.43 bits per heavy atom. The number of hydrogen-bond acceptors (Lipinski definition) is 4. The van der Waals surface area contributed by atoms with E-state index >= 15 is 0 Å². The summed E-state index contributed by atoms with van der Waals surface area (Å²) in [5.41, 5.74) is 5.26. The third kappa shape index (κ3) is 3.17. The Morgan fingerprint density at radius 1 is 1.14 bits per heavy atom. The molecule has 0 saturated heterocycles. The van der Waals surface area contributed by atoms with Gasteiger partial charge in [0, 0.05) is 5.56 Å². The third-order valence-corrected chi connectivity index (χ3v) is 4.57. The zero-order chi connectivity index (χ0) is 15.6. The highest BCUT2D eigenvalue weighted by Gasteiger charge is 2.20. The largest absolute Gasteiger partial charge is 0.398 e. The summed E-state index contributed by atoms with van der Waals surface area (Å²) in [6.07, 6.45) is 0. The predicted octanol–water partition coefficient (Wildman–Crippen LogP) is 2.39. The first kappa shape index (κ1) is 14.9. The Labute approximate surface area is 120 Å². The van der Waals surface area contributed by atoms with Crippen LogP contribution >= 0.6 is 0 Å². The van der Waals surface area contributed by atoms with E-state index in [4.69, 9.17) is 11.0 Å². The van der Waals surface area contributed by atoms with Crippen LogP contribution in [0.4, 0.5) is 14.5 Å². The Kier molecular flexibility index (Phi) is 3.91. The average molecular weight is 308 g/mol. The van der Waals surface area contributed by atoms with Gasteiger partial charge in [-0.1, -0.05) is 6.07 Å². The lowest BCUT2D eigenvalue weighted by atomic mass is 10.1. The summed E-state index contributed by atoms with van der Waals surface area (Å²) < 4.78 is 51.1. The monoisotopic (exact) mass is 308 g/mol. The fourth-order valence-electron chi connectivity index (χ4n) is 1.82. The first-order chi connectivity index (χ1) is 9.83. The van der Waals surface area contributed by atoms with E-state index in [0.29, 0.717) is 0 Å². The van der Waals surface area contributed by atoms with Crippen LogP contribution < -0.4 is 5.73 Å². The van der Waals surface area contributed by atoms with Gasteiger partial charge in [-0.2, -0.15) is 5.26 Å². The van der Waals surface area contributed by atoms with Crippen molar-refractivity contribution >= 4 is 15.5 Å². The van der Waals surface area contributed by atoms with Crippen molar-refractivity contribution in [2.24, 2.45) is 0 Å². The molecular weight excluding hydrogens is 298 g/mol. The lowest BCUT2D eigenvalue weighted by molar-refractivity contribution is 0.586. The normalized spacial score (nSPS) is 11.1. The highest BCUT2D eigenvalue weighted by Crippen LogP contribution is 2.24. The Morgan fingerprint density at radius 2 is 1.86 bits per heavy atom. The van der Waals surface area contributed by atoms with Gasteiger partial charge in [-0.15, -0.1) is 0 Å². The van der Waals surface area contributed by atoms with E-state index in [2.05, 4.69) is 0 Å². The van der Waals surface area contributed by atoms with E-state index in [1.807, 2.05) is 0 Å². The zero-order valence-electron chi connectivity index (χ0n) is 10.7. The molecule has 0 saturated carbocycles. The number of nitrogens with two attached hydrogens (primary N) is 1. The zero-order valence-corrected chi connectivity index (χ0v) is 11.5. The molecule has 0 radical (unpaired) electrons. The SMILES string of the molecule is N#Cc1ccc(CS(=O)(=O)c2ccc(F)cc2N)c(F)c1. The van der Waals surface area contributed by atoms with Crippen molar-refractivity contribution in [1.82, 2.24) is 0 Å². The molecule has 7 heteroatoms. The molecule has 0 aromatic heterocycles.